The molecule has 3 N–H and O–H groups in total. The third-order valence-corrected chi connectivity index (χ3v) is 5.90. The highest BCUT2D eigenvalue weighted by molar-refractivity contribution is 8.44. The van der Waals surface area contributed by atoms with E-state index in [9.17, 15) is 9.59 Å². The summed E-state index contributed by atoms with van der Waals surface area (Å²) in [6.07, 6.45) is 3.20. The molecule has 1 aromatic rings. The Bertz CT molecular complexity index is 737. The molecule has 6 nitrogen and oxygen atoms in total. The minimum Gasteiger partial charge on any atom is -0.378 e. The van der Waals surface area contributed by atoms with Gasteiger partial charge in [0.15, 0.2) is 5.17 Å². The number of rotatable bonds is 3. The number of hydrogen-bond donors (Lipinski definition) is 2. The summed E-state index contributed by atoms with van der Waals surface area (Å²) < 4.78 is 0.103. The molecule has 1 fully saturated rings. The van der Waals surface area contributed by atoms with E-state index < -0.39 is 5.91 Å². The van der Waals surface area contributed by atoms with Gasteiger partial charge in [-0.15, -0.1) is 0 Å². The van der Waals surface area contributed by atoms with E-state index in [2.05, 4.69) is 4.99 Å². The van der Waals surface area contributed by atoms with Crippen LogP contribution in [0.1, 0.15) is 29.6 Å². The van der Waals surface area contributed by atoms with Crippen LogP contribution in [0.2, 0.25) is 10.0 Å². The molecule has 2 rings (SSSR count). The number of likely N-dealkylation sites (tertiary alicyclic amines) is 1. The maximum atomic E-state index is 12.1. The first-order chi connectivity index (χ1) is 12.4. The molecule has 1 aromatic carbocycles. The van der Waals surface area contributed by atoms with Crippen LogP contribution in [0.25, 0.3) is 0 Å². The molecule has 140 valence electrons. The van der Waals surface area contributed by atoms with E-state index in [-0.39, 0.29) is 31.8 Å². The van der Waals surface area contributed by atoms with E-state index >= 15 is 0 Å². The van der Waals surface area contributed by atoms with Crippen molar-refractivity contribution in [2.45, 2.75) is 19.3 Å². The first-order valence-electron chi connectivity index (χ1n) is 7.87. The van der Waals surface area contributed by atoms with Gasteiger partial charge in [-0.1, -0.05) is 35.0 Å². The summed E-state index contributed by atoms with van der Waals surface area (Å²) in [5, 5.41) is 8.40. The first kappa shape index (κ1) is 21.1. The molecule has 0 radical (unpaired) electrons. The van der Waals surface area contributed by atoms with Crippen molar-refractivity contribution in [2.75, 3.05) is 18.8 Å². The van der Waals surface area contributed by atoms with Crippen LogP contribution in [0.15, 0.2) is 23.2 Å². The van der Waals surface area contributed by atoms with Crippen molar-refractivity contribution in [1.29, 1.82) is 5.41 Å². The summed E-state index contributed by atoms with van der Waals surface area (Å²) in [6.45, 7) is 1.56. The highest BCUT2D eigenvalue weighted by Crippen LogP contribution is 2.22. The summed E-state index contributed by atoms with van der Waals surface area (Å²) in [4.78, 5) is 29.7. The van der Waals surface area contributed by atoms with Crippen molar-refractivity contribution in [2.24, 2.45) is 10.7 Å². The first-order valence-corrected chi connectivity index (χ1v) is 10.4. The largest absolute Gasteiger partial charge is 0.378 e. The molecule has 0 spiro atoms. The van der Waals surface area contributed by atoms with E-state index in [0.717, 1.165) is 55.9 Å². The Morgan fingerprint density at radius 1 is 1.23 bits per heavy atom. The normalized spacial score (nSPS) is 15.0. The zero-order valence-corrected chi connectivity index (χ0v) is 17.0. The number of aliphatic imine (C=N–C) groups is 1. The number of benzene rings is 1. The summed E-state index contributed by atoms with van der Waals surface area (Å²) in [5.41, 5.74) is 5.90. The fraction of sp³-hybridized carbons (Fsp3) is 0.375. The van der Waals surface area contributed by atoms with Gasteiger partial charge in [-0.05, 0) is 49.2 Å². The molecular formula is C16H18Cl2N4O2S2. The number of nitrogens with two attached hydrogens (primary N) is 1. The molecule has 1 aliphatic rings. The molecule has 0 aromatic heterocycles. The van der Waals surface area contributed by atoms with Crippen LogP contribution in [-0.4, -0.2) is 45.1 Å². The van der Waals surface area contributed by atoms with Gasteiger partial charge >= 0.3 is 0 Å². The molecule has 2 amide bonds. The molecule has 1 aliphatic heterocycles. The monoisotopic (exact) mass is 432 g/mol. The van der Waals surface area contributed by atoms with Gasteiger partial charge in [-0.3, -0.25) is 15.0 Å². The van der Waals surface area contributed by atoms with E-state index in [1.165, 1.54) is 18.2 Å². The number of hydrogen-bond acceptors (Lipinski definition) is 5. The number of carbonyl (C=O) groups excluding carboxylic acids is 2. The van der Waals surface area contributed by atoms with E-state index in [4.69, 9.17) is 34.3 Å². The predicted molar refractivity (Wildman–Crippen MR) is 111 cm³/mol. The fourth-order valence-corrected chi connectivity index (χ4v) is 4.25. The molecule has 0 aliphatic carbocycles. The number of nitrogens with zero attached hydrogens (tertiary/aromatic N) is 2. The number of amides is 2. The van der Waals surface area contributed by atoms with Crippen LogP contribution in [0.5, 0.6) is 0 Å². The van der Waals surface area contributed by atoms with Crippen molar-refractivity contribution in [3.8, 4) is 0 Å². The van der Waals surface area contributed by atoms with Crippen LogP contribution in [0.4, 0.5) is 0 Å². The number of thioether (sulfide) groups is 2. The highest BCUT2D eigenvalue weighted by Gasteiger charge is 2.17. The number of halogens is 2. The van der Waals surface area contributed by atoms with Gasteiger partial charge < -0.3 is 10.6 Å². The lowest BCUT2D eigenvalue weighted by Crippen LogP contribution is -2.36. The van der Waals surface area contributed by atoms with Crippen molar-refractivity contribution in [1.82, 2.24) is 4.90 Å². The Hall–Kier alpha value is -1.22. The minimum absolute atomic E-state index is 0.0135. The molecule has 0 atom stereocenters. The van der Waals surface area contributed by atoms with Crippen LogP contribution < -0.4 is 5.73 Å². The zero-order chi connectivity index (χ0) is 19.1. The average molecular weight is 433 g/mol. The summed E-state index contributed by atoms with van der Waals surface area (Å²) >= 11 is 13.7. The van der Waals surface area contributed by atoms with Gasteiger partial charge in [0.1, 0.15) is 4.38 Å². The van der Waals surface area contributed by atoms with Crippen molar-refractivity contribution in [3.63, 3.8) is 0 Å². The van der Waals surface area contributed by atoms with E-state index in [0.29, 0.717) is 5.02 Å². The molecule has 1 saturated heterocycles. The number of piperidine rings is 1. The SMILES string of the molecule is N=C(SCC(=O)N1CCCCC1)SC(N)=NC(=O)c1ccc(Cl)cc1Cl. The maximum absolute atomic E-state index is 12.1. The summed E-state index contributed by atoms with van der Waals surface area (Å²) in [7, 11) is 0. The Morgan fingerprint density at radius 2 is 1.92 bits per heavy atom. The lowest BCUT2D eigenvalue weighted by molar-refractivity contribution is -0.129. The van der Waals surface area contributed by atoms with Crippen LogP contribution in [-0.2, 0) is 4.79 Å². The predicted octanol–water partition coefficient (Wildman–Crippen LogP) is 3.86. The molecular weight excluding hydrogens is 415 g/mol. The number of nitrogens with one attached hydrogen (secondary N) is 1. The molecule has 1 heterocycles. The van der Waals surface area contributed by atoms with Crippen LogP contribution >= 0.6 is 46.7 Å². The maximum Gasteiger partial charge on any atom is 0.280 e. The fourth-order valence-electron chi connectivity index (χ4n) is 2.33. The number of amidine groups is 1. The lowest BCUT2D eigenvalue weighted by atomic mass is 10.1. The smallest absolute Gasteiger partial charge is 0.280 e. The van der Waals surface area contributed by atoms with Gasteiger partial charge in [0.2, 0.25) is 5.91 Å². The third kappa shape index (κ3) is 6.50. The van der Waals surface area contributed by atoms with Crippen molar-refractivity contribution in [3.05, 3.63) is 33.8 Å². The second-order valence-electron chi connectivity index (χ2n) is 5.50. The van der Waals surface area contributed by atoms with E-state index in [1.54, 1.807) is 0 Å². The van der Waals surface area contributed by atoms with Gasteiger partial charge in [0.25, 0.3) is 5.91 Å². The standard InChI is InChI=1S/C16H18Cl2N4O2S2/c17-10-4-5-11(12(18)8-10)14(24)21-15(19)26-16(20)25-9-13(23)22-6-2-1-3-7-22/h4-5,8,20H,1-3,6-7,9H2,(H2,19,21,24). The Balaban J connectivity index is 1.84. The molecule has 0 bridgehead atoms. The Labute approximate surface area is 170 Å². The second-order valence-corrected chi connectivity index (χ2v) is 8.62. The molecule has 10 heteroatoms. The average Bonchev–Trinajstić information content (AvgIpc) is 2.60. The summed E-state index contributed by atoms with van der Waals surface area (Å²) in [6, 6.07) is 4.44. The topological polar surface area (TPSA) is 99.6 Å². The summed E-state index contributed by atoms with van der Waals surface area (Å²) in [5.74, 6) is -0.422. The Morgan fingerprint density at radius 3 is 2.58 bits per heavy atom. The van der Waals surface area contributed by atoms with Gasteiger partial charge in [0, 0.05) is 18.1 Å². The van der Waals surface area contributed by atoms with Gasteiger partial charge in [-0.25, -0.2) is 0 Å². The number of carbonyl (C=O) groups is 2. The molecule has 0 unspecified atom stereocenters. The van der Waals surface area contributed by atoms with Crippen LogP contribution in [0, 0.1) is 5.41 Å². The van der Waals surface area contributed by atoms with Gasteiger partial charge in [0.05, 0.1) is 16.3 Å². The molecule has 0 saturated carbocycles. The van der Waals surface area contributed by atoms with Gasteiger partial charge in [-0.2, -0.15) is 4.99 Å². The third-order valence-electron chi connectivity index (χ3n) is 3.61. The van der Waals surface area contributed by atoms with Crippen molar-refractivity contribution >= 4 is 68.1 Å². The van der Waals surface area contributed by atoms with E-state index in [1.807, 2.05) is 4.90 Å². The van der Waals surface area contributed by atoms with Crippen molar-refractivity contribution < 1.29 is 9.59 Å². The Kier molecular flexibility index (Phi) is 8.27. The lowest BCUT2D eigenvalue weighted by Gasteiger charge is -2.26. The minimum atomic E-state index is -0.612. The molecule has 26 heavy (non-hydrogen) atoms. The highest BCUT2D eigenvalue weighted by atomic mass is 35.5. The second kappa shape index (κ2) is 10.2. The van der Waals surface area contributed by atoms with Crippen LogP contribution in [0.3, 0.4) is 0 Å². The quantitative estimate of drug-likeness (QED) is 0.557. The zero-order valence-electron chi connectivity index (χ0n) is 13.8.